The van der Waals surface area contributed by atoms with E-state index in [0.29, 0.717) is 13.1 Å². The monoisotopic (exact) mass is 263 g/mol. The van der Waals surface area contributed by atoms with E-state index in [1.807, 2.05) is 0 Å². The Morgan fingerprint density at radius 2 is 1.94 bits per heavy atom. The lowest BCUT2D eigenvalue weighted by molar-refractivity contribution is -0.160. The van der Waals surface area contributed by atoms with Crippen LogP contribution in [0.15, 0.2) is 0 Å². The van der Waals surface area contributed by atoms with E-state index in [1.165, 1.54) is 6.26 Å². The second-order valence-electron chi connectivity index (χ2n) is 5.65. The first kappa shape index (κ1) is 14.4. The normalized spacial score (nSPS) is 25.9. The number of hydrogen-bond donors (Lipinski definition) is 1. The Morgan fingerprint density at radius 1 is 1.35 bits per heavy atom. The van der Waals surface area contributed by atoms with E-state index in [9.17, 15) is 13.2 Å². The van der Waals surface area contributed by atoms with Crippen molar-refractivity contribution in [3.63, 3.8) is 0 Å². The van der Waals surface area contributed by atoms with Crippen LogP contribution in [0.25, 0.3) is 0 Å². The van der Waals surface area contributed by atoms with Crippen LogP contribution >= 0.6 is 0 Å². The molecule has 0 spiro atoms. The standard InChI is InChI=1S/C11H21NO4S/c1-11(2,3)16-10(13)9-6-12-5-8(9)7-17(4,14)15/h8-9,12H,5-7H2,1-4H3/t8-,9+/m0/s1. The van der Waals surface area contributed by atoms with Gasteiger partial charge in [-0.25, -0.2) is 8.42 Å². The minimum absolute atomic E-state index is 0.0317. The van der Waals surface area contributed by atoms with Crippen LogP contribution in [0.5, 0.6) is 0 Å². The molecule has 100 valence electrons. The highest BCUT2D eigenvalue weighted by Crippen LogP contribution is 2.22. The van der Waals surface area contributed by atoms with Crippen LogP contribution < -0.4 is 5.32 Å². The molecule has 17 heavy (non-hydrogen) atoms. The van der Waals surface area contributed by atoms with Gasteiger partial charge in [0, 0.05) is 12.8 Å². The molecule has 2 atom stereocenters. The Kier molecular flexibility index (Phi) is 4.19. The molecule has 0 aliphatic carbocycles. The molecule has 0 aromatic rings. The second kappa shape index (κ2) is 4.94. The number of carbonyl (C=O) groups excluding carboxylic acids is 1. The molecular weight excluding hydrogens is 242 g/mol. The molecule has 1 rings (SSSR count). The number of ether oxygens (including phenoxy) is 1. The first-order valence-corrected chi connectivity index (χ1v) is 7.76. The van der Waals surface area contributed by atoms with E-state index < -0.39 is 15.4 Å². The molecule has 1 saturated heterocycles. The van der Waals surface area contributed by atoms with Gasteiger partial charge in [0.15, 0.2) is 0 Å². The van der Waals surface area contributed by atoms with Crippen molar-refractivity contribution in [3.8, 4) is 0 Å². The molecule has 1 aliphatic rings. The first-order chi connectivity index (χ1) is 7.58. The van der Waals surface area contributed by atoms with Crippen molar-refractivity contribution in [1.82, 2.24) is 5.32 Å². The first-order valence-electron chi connectivity index (χ1n) is 5.70. The van der Waals surface area contributed by atoms with Gasteiger partial charge in [-0.2, -0.15) is 0 Å². The summed E-state index contributed by atoms with van der Waals surface area (Å²) in [7, 11) is -3.07. The highest BCUT2D eigenvalue weighted by molar-refractivity contribution is 7.90. The average Bonchev–Trinajstić information content (AvgIpc) is 2.45. The third-order valence-electron chi connectivity index (χ3n) is 2.57. The average molecular weight is 263 g/mol. The zero-order chi connectivity index (χ0) is 13.3. The summed E-state index contributed by atoms with van der Waals surface area (Å²) in [5.74, 6) is -0.816. The molecule has 6 heteroatoms. The molecule has 0 bridgehead atoms. The number of sulfone groups is 1. The summed E-state index contributed by atoms with van der Waals surface area (Å²) < 4.78 is 27.8. The van der Waals surface area contributed by atoms with E-state index in [2.05, 4.69) is 5.32 Å². The molecule has 0 aromatic heterocycles. The van der Waals surface area contributed by atoms with Gasteiger partial charge in [0.05, 0.1) is 11.7 Å². The van der Waals surface area contributed by atoms with Crippen LogP contribution in [0.4, 0.5) is 0 Å². The van der Waals surface area contributed by atoms with Gasteiger partial charge in [-0.1, -0.05) is 0 Å². The Balaban J connectivity index is 2.66. The summed E-state index contributed by atoms with van der Waals surface area (Å²) in [5.41, 5.74) is -0.532. The third kappa shape index (κ3) is 5.04. The summed E-state index contributed by atoms with van der Waals surface area (Å²) >= 11 is 0. The van der Waals surface area contributed by atoms with E-state index in [4.69, 9.17) is 4.74 Å². The summed E-state index contributed by atoms with van der Waals surface area (Å²) in [6.07, 6.45) is 1.19. The molecule has 1 N–H and O–H groups in total. The lowest BCUT2D eigenvalue weighted by Crippen LogP contribution is -2.34. The van der Waals surface area contributed by atoms with Gasteiger partial charge in [-0.05, 0) is 33.2 Å². The Hall–Kier alpha value is -0.620. The van der Waals surface area contributed by atoms with E-state index in [1.54, 1.807) is 20.8 Å². The summed E-state index contributed by atoms with van der Waals surface area (Å²) in [4.78, 5) is 11.9. The van der Waals surface area contributed by atoms with Crippen LogP contribution in [0, 0.1) is 11.8 Å². The Bertz CT molecular complexity index is 383. The molecule has 1 heterocycles. The van der Waals surface area contributed by atoms with Crippen molar-refractivity contribution in [3.05, 3.63) is 0 Å². The van der Waals surface area contributed by atoms with Gasteiger partial charge in [-0.15, -0.1) is 0 Å². The fourth-order valence-electron chi connectivity index (χ4n) is 1.95. The topological polar surface area (TPSA) is 72.5 Å². The molecule has 1 aliphatic heterocycles. The fraction of sp³-hybridized carbons (Fsp3) is 0.909. The Labute approximate surface area is 103 Å². The zero-order valence-corrected chi connectivity index (χ0v) is 11.6. The van der Waals surface area contributed by atoms with E-state index in [-0.39, 0.29) is 23.6 Å². The van der Waals surface area contributed by atoms with Crippen molar-refractivity contribution >= 4 is 15.8 Å². The van der Waals surface area contributed by atoms with E-state index in [0.717, 1.165) is 0 Å². The number of nitrogens with one attached hydrogen (secondary N) is 1. The highest BCUT2D eigenvalue weighted by atomic mass is 32.2. The maximum atomic E-state index is 11.9. The fourth-order valence-corrected chi connectivity index (χ4v) is 3.08. The van der Waals surface area contributed by atoms with Gasteiger partial charge in [0.25, 0.3) is 0 Å². The van der Waals surface area contributed by atoms with Crippen molar-refractivity contribution in [2.45, 2.75) is 26.4 Å². The maximum Gasteiger partial charge on any atom is 0.311 e. The quantitative estimate of drug-likeness (QED) is 0.737. The third-order valence-corrected chi connectivity index (χ3v) is 3.60. The summed E-state index contributed by atoms with van der Waals surface area (Å²) in [6, 6.07) is 0. The minimum atomic E-state index is -3.07. The number of carbonyl (C=O) groups is 1. The summed E-state index contributed by atoms with van der Waals surface area (Å²) in [6.45, 7) is 6.46. The predicted octanol–water partition coefficient (Wildman–Crippen LogP) is 0.208. The smallest absolute Gasteiger partial charge is 0.311 e. The zero-order valence-electron chi connectivity index (χ0n) is 10.8. The van der Waals surface area contributed by atoms with Crippen LogP contribution in [-0.2, 0) is 19.4 Å². The van der Waals surface area contributed by atoms with Crippen LogP contribution in [-0.4, -0.2) is 45.1 Å². The van der Waals surface area contributed by atoms with Crippen LogP contribution in [0.3, 0.4) is 0 Å². The molecule has 5 nitrogen and oxygen atoms in total. The van der Waals surface area contributed by atoms with Gasteiger partial charge in [0.2, 0.25) is 0 Å². The molecular formula is C11H21NO4S. The molecule has 0 saturated carbocycles. The molecule has 0 unspecified atom stereocenters. The second-order valence-corrected chi connectivity index (χ2v) is 7.84. The lowest BCUT2D eigenvalue weighted by atomic mass is 9.98. The van der Waals surface area contributed by atoms with Gasteiger partial charge in [-0.3, -0.25) is 4.79 Å². The molecule has 0 aromatic carbocycles. The molecule has 0 amide bonds. The van der Waals surface area contributed by atoms with E-state index >= 15 is 0 Å². The molecule has 1 fully saturated rings. The SMILES string of the molecule is CC(C)(C)OC(=O)[C@@H]1CNC[C@H]1CS(C)(=O)=O. The number of rotatable bonds is 3. The van der Waals surface area contributed by atoms with Crippen LogP contribution in [0.2, 0.25) is 0 Å². The van der Waals surface area contributed by atoms with Gasteiger partial charge in [0.1, 0.15) is 15.4 Å². The maximum absolute atomic E-state index is 11.9. The predicted molar refractivity (Wildman–Crippen MR) is 65.4 cm³/mol. The number of esters is 1. The van der Waals surface area contributed by atoms with Gasteiger partial charge >= 0.3 is 5.97 Å². The summed E-state index contributed by atoms with van der Waals surface area (Å²) in [5, 5.41) is 3.05. The van der Waals surface area contributed by atoms with Crippen molar-refractivity contribution in [2.75, 3.05) is 25.1 Å². The lowest BCUT2D eigenvalue weighted by Gasteiger charge is -2.24. The van der Waals surface area contributed by atoms with Crippen molar-refractivity contribution in [2.24, 2.45) is 11.8 Å². The molecule has 0 radical (unpaired) electrons. The van der Waals surface area contributed by atoms with Crippen molar-refractivity contribution in [1.29, 1.82) is 0 Å². The van der Waals surface area contributed by atoms with Crippen molar-refractivity contribution < 1.29 is 17.9 Å². The minimum Gasteiger partial charge on any atom is -0.460 e. The largest absolute Gasteiger partial charge is 0.460 e. The highest BCUT2D eigenvalue weighted by Gasteiger charge is 2.37. The van der Waals surface area contributed by atoms with Gasteiger partial charge < -0.3 is 10.1 Å². The Morgan fingerprint density at radius 3 is 2.41 bits per heavy atom. The number of hydrogen-bond acceptors (Lipinski definition) is 5. The van der Waals surface area contributed by atoms with Crippen LogP contribution in [0.1, 0.15) is 20.8 Å².